The molecule has 2 heterocycles. The summed E-state index contributed by atoms with van der Waals surface area (Å²) < 4.78 is 18.8. The van der Waals surface area contributed by atoms with Crippen LogP contribution in [0.2, 0.25) is 0 Å². The van der Waals surface area contributed by atoms with E-state index < -0.39 is 5.79 Å². The SMILES string of the molecule is C=C1C(=O)O[C@@H]2[C@H]1CC[C@H](C)[C@@H]1CCC3(OCC(C)(C)CO3)[C@@]21C. The Morgan fingerprint density at radius 1 is 1.08 bits per heavy atom. The molecular weight excluding hydrogens is 304 g/mol. The second-order valence-electron chi connectivity index (χ2n) is 9.43. The van der Waals surface area contributed by atoms with Gasteiger partial charge in [-0.25, -0.2) is 4.79 Å². The topological polar surface area (TPSA) is 44.8 Å². The Labute approximate surface area is 144 Å². The highest BCUT2D eigenvalue weighted by molar-refractivity contribution is 5.91. The molecule has 0 aromatic carbocycles. The van der Waals surface area contributed by atoms with Crippen LogP contribution in [0, 0.1) is 28.6 Å². The molecule has 4 aliphatic rings. The second-order valence-corrected chi connectivity index (χ2v) is 9.43. The van der Waals surface area contributed by atoms with Crippen LogP contribution in [0.25, 0.3) is 0 Å². The van der Waals surface area contributed by atoms with Gasteiger partial charge in [-0.2, -0.15) is 0 Å². The third-order valence-corrected chi connectivity index (χ3v) is 7.29. The average Bonchev–Trinajstić information content (AvgIpc) is 2.94. The van der Waals surface area contributed by atoms with Crippen molar-refractivity contribution in [3.8, 4) is 0 Å². The van der Waals surface area contributed by atoms with Crippen molar-refractivity contribution in [1.82, 2.24) is 0 Å². The van der Waals surface area contributed by atoms with Gasteiger partial charge < -0.3 is 14.2 Å². The van der Waals surface area contributed by atoms with Crippen molar-refractivity contribution < 1.29 is 19.0 Å². The molecule has 2 saturated carbocycles. The summed E-state index contributed by atoms with van der Waals surface area (Å²) in [7, 11) is 0. The van der Waals surface area contributed by atoms with Crippen molar-refractivity contribution >= 4 is 5.97 Å². The van der Waals surface area contributed by atoms with Gasteiger partial charge >= 0.3 is 5.97 Å². The van der Waals surface area contributed by atoms with Gasteiger partial charge in [0.15, 0.2) is 5.79 Å². The molecule has 2 aliphatic carbocycles. The molecule has 24 heavy (non-hydrogen) atoms. The molecule has 134 valence electrons. The van der Waals surface area contributed by atoms with E-state index >= 15 is 0 Å². The molecule has 2 aliphatic heterocycles. The van der Waals surface area contributed by atoms with Gasteiger partial charge in [0.1, 0.15) is 6.10 Å². The van der Waals surface area contributed by atoms with Crippen molar-refractivity contribution in [1.29, 1.82) is 0 Å². The Kier molecular flexibility index (Phi) is 3.51. The van der Waals surface area contributed by atoms with Gasteiger partial charge in [-0.05, 0) is 31.1 Å². The Bertz CT molecular complexity index is 570. The van der Waals surface area contributed by atoms with E-state index in [1.165, 1.54) is 0 Å². The van der Waals surface area contributed by atoms with Crippen molar-refractivity contribution in [3.63, 3.8) is 0 Å². The minimum Gasteiger partial charge on any atom is -0.458 e. The maximum absolute atomic E-state index is 12.2. The predicted molar refractivity (Wildman–Crippen MR) is 90.2 cm³/mol. The average molecular weight is 334 g/mol. The van der Waals surface area contributed by atoms with Crippen LogP contribution in [0.15, 0.2) is 12.2 Å². The monoisotopic (exact) mass is 334 g/mol. The minimum absolute atomic E-state index is 0.0331. The molecule has 4 fully saturated rings. The summed E-state index contributed by atoms with van der Waals surface area (Å²) in [5, 5.41) is 0. The third kappa shape index (κ3) is 2.02. The zero-order valence-corrected chi connectivity index (χ0v) is 15.4. The minimum atomic E-state index is -0.625. The number of hydrogen-bond acceptors (Lipinski definition) is 4. The molecular formula is C20H30O4. The highest BCUT2D eigenvalue weighted by atomic mass is 16.7. The number of carbonyl (C=O) groups is 1. The normalized spacial score (nSPS) is 46.3. The molecule has 0 N–H and O–H groups in total. The van der Waals surface area contributed by atoms with Crippen molar-refractivity contribution in [2.75, 3.05) is 13.2 Å². The maximum Gasteiger partial charge on any atom is 0.334 e. The molecule has 4 heteroatoms. The van der Waals surface area contributed by atoms with Gasteiger partial charge in [-0.15, -0.1) is 0 Å². The van der Waals surface area contributed by atoms with Gasteiger partial charge in [0.05, 0.1) is 18.6 Å². The highest BCUT2D eigenvalue weighted by Crippen LogP contribution is 2.64. The van der Waals surface area contributed by atoms with Crippen LogP contribution in [-0.4, -0.2) is 31.1 Å². The molecule has 0 aromatic rings. The Morgan fingerprint density at radius 3 is 2.42 bits per heavy atom. The van der Waals surface area contributed by atoms with Gasteiger partial charge in [-0.1, -0.05) is 34.3 Å². The van der Waals surface area contributed by atoms with Crippen LogP contribution in [0.5, 0.6) is 0 Å². The summed E-state index contributed by atoms with van der Waals surface area (Å²) in [6.07, 6.45) is 3.88. The van der Waals surface area contributed by atoms with Crippen molar-refractivity contribution in [3.05, 3.63) is 12.2 Å². The number of fused-ring (bicyclic) bond motifs is 4. The number of ether oxygens (including phenoxy) is 3. The molecule has 2 saturated heterocycles. The summed E-state index contributed by atoms with van der Waals surface area (Å²) >= 11 is 0. The standard InChI is InChI=1S/C20H30O4/c1-12-6-7-14-13(2)17(21)24-16(14)19(5)15(12)8-9-20(19)22-10-18(3,4)11-23-20/h12,14-16H,2,6-11H2,1,3-5H3/t12-,14-,15-,16+,19+/m0/s1. The molecule has 0 bridgehead atoms. The molecule has 0 aromatic heterocycles. The molecule has 4 nitrogen and oxygen atoms in total. The molecule has 5 atom stereocenters. The van der Waals surface area contributed by atoms with Crippen LogP contribution in [0.1, 0.15) is 53.4 Å². The summed E-state index contributed by atoms with van der Waals surface area (Å²) in [5.74, 6) is 0.283. The van der Waals surface area contributed by atoms with Gasteiger partial charge in [0.2, 0.25) is 0 Å². The van der Waals surface area contributed by atoms with Gasteiger partial charge in [0.25, 0.3) is 0 Å². The molecule has 4 rings (SSSR count). The fourth-order valence-electron chi connectivity index (χ4n) is 5.78. The van der Waals surface area contributed by atoms with Crippen LogP contribution >= 0.6 is 0 Å². The Balaban J connectivity index is 1.77. The van der Waals surface area contributed by atoms with Gasteiger partial charge in [0, 0.05) is 23.3 Å². The van der Waals surface area contributed by atoms with E-state index in [2.05, 4.69) is 34.3 Å². The maximum atomic E-state index is 12.2. The lowest BCUT2D eigenvalue weighted by molar-refractivity contribution is -0.354. The highest BCUT2D eigenvalue weighted by Gasteiger charge is 2.70. The Morgan fingerprint density at radius 2 is 1.75 bits per heavy atom. The molecule has 0 unspecified atom stereocenters. The fraction of sp³-hybridized carbons (Fsp3) is 0.850. The van der Waals surface area contributed by atoms with Gasteiger partial charge in [-0.3, -0.25) is 0 Å². The van der Waals surface area contributed by atoms with Crippen molar-refractivity contribution in [2.45, 2.75) is 65.3 Å². The first kappa shape index (κ1) is 16.6. The van der Waals surface area contributed by atoms with E-state index in [0.29, 0.717) is 30.6 Å². The van der Waals surface area contributed by atoms with Crippen LogP contribution in [-0.2, 0) is 19.0 Å². The molecule has 0 radical (unpaired) electrons. The zero-order chi connectivity index (χ0) is 17.3. The summed E-state index contributed by atoms with van der Waals surface area (Å²) in [4.78, 5) is 12.2. The van der Waals surface area contributed by atoms with Crippen LogP contribution in [0.3, 0.4) is 0 Å². The summed E-state index contributed by atoms with van der Waals surface area (Å²) in [5.41, 5.74) is 0.372. The summed E-state index contributed by atoms with van der Waals surface area (Å²) in [6, 6.07) is 0. The van der Waals surface area contributed by atoms with E-state index in [4.69, 9.17) is 14.2 Å². The van der Waals surface area contributed by atoms with Crippen LogP contribution < -0.4 is 0 Å². The lowest BCUT2D eigenvalue weighted by atomic mass is 9.66. The lowest BCUT2D eigenvalue weighted by Gasteiger charge is -2.53. The van der Waals surface area contributed by atoms with E-state index in [0.717, 1.165) is 25.7 Å². The first-order valence-corrected chi connectivity index (χ1v) is 9.38. The molecule has 0 amide bonds. The summed E-state index contributed by atoms with van der Waals surface area (Å²) in [6.45, 7) is 14.3. The van der Waals surface area contributed by atoms with E-state index in [-0.39, 0.29) is 28.8 Å². The number of rotatable bonds is 0. The van der Waals surface area contributed by atoms with E-state index in [1.807, 2.05) is 0 Å². The first-order valence-electron chi connectivity index (χ1n) is 9.38. The lowest BCUT2D eigenvalue weighted by Crippen LogP contribution is -2.61. The molecule has 1 spiro atoms. The first-order chi connectivity index (χ1) is 11.2. The number of esters is 1. The quantitative estimate of drug-likeness (QED) is 0.500. The predicted octanol–water partition coefficient (Wildman–Crippen LogP) is 3.70. The zero-order valence-electron chi connectivity index (χ0n) is 15.4. The van der Waals surface area contributed by atoms with E-state index in [9.17, 15) is 4.79 Å². The van der Waals surface area contributed by atoms with Crippen LogP contribution in [0.4, 0.5) is 0 Å². The number of hydrogen-bond donors (Lipinski definition) is 0. The fourth-order valence-corrected chi connectivity index (χ4v) is 5.78. The van der Waals surface area contributed by atoms with E-state index in [1.54, 1.807) is 0 Å². The Hall–Kier alpha value is -0.870. The smallest absolute Gasteiger partial charge is 0.334 e. The largest absolute Gasteiger partial charge is 0.458 e. The van der Waals surface area contributed by atoms with Crippen molar-refractivity contribution in [2.24, 2.45) is 28.6 Å². The number of carbonyl (C=O) groups excluding carboxylic acids is 1. The second kappa shape index (κ2) is 5.07. The third-order valence-electron chi connectivity index (χ3n) is 7.29.